The third-order valence-electron chi connectivity index (χ3n) is 9.40. The molecule has 248 valence electrons. The van der Waals surface area contributed by atoms with E-state index < -0.39 is 6.04 Å². The molecule has 0 aliphatic carbocycles. The first-order valence-corrected chi connectivity index (χ1v) is 16.4. The Labute approximate surface area is 281 Å². The standard InChI is InChI=1S/C38H41N5O5/c1-26(27-9-5-4-6-10-27)41-21-23-42(24-22-41)32-12-7-11-30-35(32)38(46)43(37(30)45)31(29-14-15-33(47-2)34(25-29)48-3)13-8-18-40-36(44)28-16-19-39-20-17-28/h4-7,9-12,14-17,19-20,25-26,31H,8,13,18,21-24H2,1-3H3,(H,40,44)/t26?,31-/m1/s1. The van der Waals surface area contributed by atoms with E-state index in [1.165, 1.54) is 10.5 Å². The Morgan fingerprint density at radius 1 is 0.833 bits per heavy atom. The Hall–Kier alpha value is -5.22. The number of amides is 3. The number of carbonyl (C=O) groups excluding carboxylic acids is 3. The van der Waals surface area contributed by atoms with Gasteiger partial charge in [0.25, 0.3) is 17.7 Å². The Morgan fingerprint density at radius 2 is 1.56 bits per heavy atom. The van der Waals surface area contributed by atoms with Gasteiger partial charge in [-0.25, -0.2) is 0 Å². The van der Waals surface area contributed by atoms with Crippen molar-refractivity contribution in [3.05, 3.63) is 119 Å². The van der Waals surface area contributed by atoms with Crippen molar-refractivity contribution in [2.75, 3.05) is 51.8 Å². The third kappa shape index (κ3) is 6.61. The molecule has 10 heteroatoms. The minimum absolute atomic E-state index is 0.205. The van der Waals surface area contributed by atoms with E-state index in [1.807, 2.05) is 30.3 Å². The highest BCUT2D eigenvalue weighted by Gasteiger charge is 2.43. The van der Waals surface area contributed by atoms with Gasteiger partial charge in [-0.05, 0) is 67.3 Å². The summed E-state index contributed by atoms with van der Waals surface area (Å²) in [4.78, 5) is 51.2. The van der Waals surface area contributed by atoms with Crippen molar-refractivity contribution in [1.82, 2.24) is 20.1 Å². The van der Waals surface area contributed by atoms with Gasteiger partial charge >= 0.3 is 0 Å². The van der Waals surface area contributed by atoms with Crippen molar-refractivity contribution < 1.29 is 23.9 Å². The predicted octanol–water partition coefficient (Wildman–Crippen LogP) is 5.53. The maximum atomic E-state index is 14.4. The number of ether oxygens (including phenoxy) is 2. The van der Waals surface area contributed by atoms with Gasteiger partial charge < -0.3 is 19.7 Å². The van der Waals surface area contributed by atoms with Gasteiger partial charge in [0.05, 0.1) is 37.1 Å². The molecule has 2 aliphatic rings. The van der Waals surface area contributed by atoms with Crippen LogP contribution < -0.4 is 19.7 Å². The van der Waals surface area contributed by atoms with Crippen LogP contribution in [0.25, 0.3) is 0 Å². The number of nitrogens with one attached hydrogen (secondary N) is 1. The van der Waals surface area contributed by atoms with E-state index in [1.54, 1.807) is 50.9 Å². The van der Waals surface area contributed by atoms with E-state index in [9.17, 15) is 14.4 Å². The SMILES string of the molecule is COc1ccc([C@@H](CCCNC(=O)c2ccncc2)N2C(=O)c3cccc(N4CCN(C(C)c5ccccc5)CC4)c3C2=O)cc1OC. The van der Waals surface area contributed by atoms with Crippen LogP contribution in [0, 0.1) is 0 Å². The lowest BCUT2D eigenvalue weighted by atomic mass is 9.99. The van der Waals surface area contributed by atoms with Gasteiger partial charge in [0.2, 0.25) is 0 Å². The first kappa shape index (κ1) is 32.7. The van der Waals surface area contributed by atoms with Gasteiger partial charge in [-0.15, -0.1) is 0 Å². The van der Waals surface area contributed by atoms with Crippen molar-refractivity contribution in [2.45, 2.75) is 31.8 Å². The molecule has 1 unspecified atom stereocenters. The largest absolute Gasteiger partial charge is 0.493 e. The second-order valence-electron chi connectivity index (χ2n) is 12.1. The van der Waals surface area contributed by atoms with Crippen LogP contribution in [0.3, 0.4) is 0 Å². The highest BCUT2D eigenvalue weighted by atomic mass is 16.5. The van der Waals surface area contributed by atoms with Crippen LogP contribution in [-0.2, 0) is 0 Å². The number of rotatable bonds is 12. The van der Waals surface area contributed by atoms with E-state index in [2.05, 4.69) is 51.3 Å². The average Bonchev–Trinajstić information content (AvgIpc) is 3.40. The fraction of sp³-hybridized carbons (Fsp3) is 0.316. The second kappa shape index (κ2) is 14.7. The van der Waals surface area contributed by atoms with Crippen LogP contribution in [0.1, 0.15) is 74.0 Å². The molecule has 3 aromatic carbocycles. The minimum Gasteiger partial charge on any atom is -0.493 e. The van der Waals surface area contributed by atoms with E-state index in [0.29, 0.717) is 47.6 Å². The van der Waals surface area contributed by atoms with Crippen LogP contribution in [0.5, 0.6) is 11.5 Å². The fourth-order valence-electron chi connectivity index (χ4n) is 6.73. The summed E-state index contributed by atoms with van der Waals surface area (Å²) in [5.74, 6) is 0.213. The maximum absolute atomic E-state index is 14.4. The first-order chi connectivity index (χ1) is 23.4. The summed E-state index contributed by atoms with van der Waals surface area (Å²) in [5.41, 5.74) is 4.19. The number of hydrogen-bond donors (Lipinski definition) is 1. The van der Waals surface area contributed by atoms with Crippen molar-refractivity contribution in [1.29, 1.82) is 0 Å². The molecule has 0 radical (unpaired) electrons. The summed E-state index contributed by atoms with van der Waals surface area (Å²) in [5, 5.41) is 2.94. The fourth-order valence-corrected chi connectivity index (χ4v) is 6.73. The van der Waals surface area contributed by atoms with Crippen LogP contribution in [-0.4, -0.2) is 79.4 Å². The topological polar surface area (TPSA) is 104 Å². The Kier molecular flexibility index (Phi) is 10.0. The highest BCUT2D eigenvalue weighted by molar-refractivity contribution is 6.24. The number of benzene rings is 3. The normalized spacial score (nSPS) is 16.0. The maximum Gasteiger partial charge on any atom is 0.264 e. The number of imide groups is 1. The molecule has 10 nitrogen and oxygen atoms in total. The summed E-state index contributed by atoms with van der Waals surface area (Å²) >= 11 is 0. The van der Waals surface area contributed by atoms with Gasteiger partial charge in [0, 0.05) is 56.7 Å². The molecular formula is C38H41N5O5. The lowest BCUT2D eigenvalue weighted by Crippen LogP contribution is -2.47. The molecule has 3 heterocycles. The molecule has 3 amide bonds. The quantitative estimate of drug-likeness (QED) is 0.158. The zero-order valence-electron chi connectivity index (χ0n) is 27.6. The number of methoxy groups -OCH3 is 2. The number of carbonyl (C=O) groups is 3. The first-order valence-electron chi connectivity index (χ1n) is 16.4. The molecule has 4 aromatic rings. The molecule has 1 aromatic heterocycles. The van der Waals surface area contributed by atoms with Crippen LogP contribution in [0.2, 0.25) is 0 Å². The number of aromatic nitrogens is 1. The van der Waals surface area contributed by atoms with Crippen molar-refractivity contribution in [3.8, 4) is 11.5 Å². The van der Waals surface area contributed by atoms with E-state index in [4.69, 9.17) is 9.47 Å². The van der Waals surface area contributed by atoms with Gasteiger partial charge in [-0.1, -0.05) is 42.5 Å². The summed E-state index contributed by atoms with van der Waals surface area (Å²) in [6, 6.07) is 24.5. The van der Waals surface area contributed by atoms with Crippen molar-refractivity contribution in [2.24, 2.45) is 0 Å². The molecule has 1 N–H and O–H groups in total. The highest BCUT2D eigenvalue weighted by Crippen LogP contribution is 2.40. The molecule has 0 bridgehead atoms. The lowest BCUT2D eigenvalue weighted by molar-refractivity contribution is 0.0570. The molecule has 1 fully saturated rings. The summed E-state index contributed by atoms with van der Waals surface area (Å²) < 4.78 is 11.0. The van der Waals surface area contributed by atoms with E-state index in [0.717, 1.165) is 37.4 Å². The van der Waals surface area contributed by atoms with Crippen LogP contribution in [0.4, 0.5) is 5.69 Å². The average molecular weight is 648 g/mol. The summed E-state index contributed by atoms with van der Waals surface area (Å²) in [6.45, 7) is 5.75. The summed E-state index contributed by atoms with van der Waals surface area (Å²) in [6.07, 6.45) is 4.11. The molecule has 0 spiro atoms. The number of fused-ring (bicyclic) bond motifs is 1. The number of pyridine rings is 1. The van der Waals surface area contributed by atoms with E-state index >= 15 is 0 Å². The molecule has 1 saturated heterocycles. The lowest BCUT2D eigenvalue weighted by Gasteiger charge is -2.39. The predicted molar refractivity (Wildman–Crippen MR) is 184 cm³/mol. The molecule has 2 aliphatic heterocycles. The molecule has 2 atom stereocenters. The van der Waals surface area contributed by atoms with Crippen LogP contribution in [0.15, 0.2) is 91.3 Å². The van der Waals surface area contributed by atoms with Gasteiger partial charge in [0.1, 0.15) is 0 Å². The smallest absolute Gasteiger partial charge is 0.264 e. The third-order valence-corrected chi connectivity index (χ3v) is 9.40. The number of hydrogen-bond acceptors (Lipinski definition) is 8. The van der Waals surface area contributed by atoms with Crippen molar-refractivity contribution >= 4 is 23.4 Å². The van der Waals surface area contributed by atoms with Crippen molar-refractivity contribution in [3.63, 3.8) is 0 Å². The second-order valence-corrected chi connectivity index (χ2v) is 12.1. The minimum atomic E-state index is -0.591. The van der Waals surface area contributed by atoms with Gasteiger partial charge in [-0.3, -0.25) is 29.2 Å². The Bertz CT molecular complexity index is 1760. The summed E-state index contributed by atoms with van der Waals surface area (Å²) in [7, 11) is 3.12. The zero-order valence-corrected chi connectivity index (χ0v) is 27.6. The van der Waals surface area contributed by atoms with E-state index in [-0.39, 0.29) is 23.8 Å². The molecular weight excluding hydrogens is 606 g/mol. The monoisotopic (exact) mass is 647 g/mol. The van der Waals surface area contributed by atoms with Gasteiger partial charge in [0.15, 0.2) is 11.5 Å². The molecule has 6 rings (SSSR count). The van der Waals surface area contributed by atoms with Crippen LogP contribution >= 0.6 is 0 Å². The molecule has 48 heavy (non-hydrogen) atoms. The number of anilines is 1. The Balaban J connectivity index is 1.22. The zero-order chi connectivity index (χ0) is 33.6. The Morgan fingerprint density at radius 3 is 2.27 bits per heavy atom. The van der Waals surface area contributed by atoms with Gasteiger partial charge in [-0.2, -0.15) is 0 Å². The number of piperazine rings is 1. The molecule has 0 saturated carbocycles. The number of nitrogens with zero attached hydrogens (tertiary/aromatic N) is 4.